The van der Waals surface area contributed by atoms with E-state index in [0.29, 0.717) is 37.8 Å². The van der Waals surface area contributed by atoms with E-state index >= 15 is 0 Å². The van der Waals surface area contributed by atoms with Crippen molar-refractivity contribution in [2.75, 3.05) is 18.8 Å². The summed E-state index contributed by atoms with van der Waals surface area (Å²) in [5.74, 6) is 0.197. The van der Waals surface area contributed by atoms with E-state index in [0.717, 1.165) is 23.0 Å². The Morgan fingerprint density at radius 1 is 1.44 bits per heavy atom. The van der Waals surface area contributed by atoms with Crippen LogP contribution < -0.4 is 5.46 Å². The summed E-state index contributed by atoms with van der Waals surface area (Å²) in [4.78, 5) is 7.42. The van der Waals surface area contributed by atoms with Crippen LogP contribution in [0.5, 0.6) is 0 Å². The Bertz CT molecular complexity index is 890. The highest BCUT2D eigenvalue weighted by atomic mass is 32.2. The fourth-order valence-corrected chi connectivity index (χ4v) is 5.65. The van der Waals surface area contributed by atoms with Crippen molar-refractivity contribution in [1.82, 2.24) is 14.3 Å². The number of nitrogens with one attached hydrogen (secondary N) is 1. The maximum absolute atomic E-state index is 12.4. The van der Waals surface area contributed by atoms with E-state index in [9.17, 15) is 13.4 Å². The van der Waals surface area contributed by atoms with Crippen molar-refractivity contribution in [3.8, 4) is 0 Å². The Morgan fingerprint density at radius 3 is 2.92 bits per heavy atom. The molecule has 134 valence electrons. The van der Waals surface area contributed by atoms with Gasteiger partial charge in [-0.05, 0) is 30.9 Å². The Balaban J connectivity index is 1.64. The number of unbranched alkanes of at least 4 members (excludes halogenated alkanes) is 1. The lowest BCUT2D eigenvalue weighted by Gasteiger charge is -2.39. The lowest BCUT2D eigenvalue weighted by Crippen LogP contribution is -2.46. The highest BCUT2D eigenvalue weighted by Gasteiger charge is 2.50. The zero-order chi connectivity index (χ0) is 17.7. The van der Waals surface area contributed by atoms with E-state index in [1.54, 1.807) is 10.5 Å². The summed E-state index contributed by atoms with van der Waals surface area (Å²) in [6, 6.07) is 1.94. The van der Waals surface area contributed by atoms with Crippen molar-refractivity contribution in [3.63, 3.8) is 0 Å². The summed E-state index contributed by atoms with van der Waals surface area (Å²) in [5, 5.41) is 11.3. The van der Waals surface area contributed by atoms with Crippen LogP contribution in [-0.2, 0) is 20.3 Å². The highest BCUT2D eigenvalue weighted by molar-refractivity contribution is 7.89. The molecule has 0 aliphatic carbocycles. The van der Waals surface area contributed by atoms with Gasteiger partial charge in [0.2, 0.25) is 10.0 Å². The predicted octanol–water partition coefficient (Wildman–Crippen LogP) is 0.702. The molecule has 4 rings (SSSR count). The number of fused-ring (bicyclic) bond motifs is 4. The minimum Gasteiger partial charge on any atom is -0.423 e. The quantitative estimate of drug-likeness (QED) is 0.780. The molecule has 1 spiro atoms. The molecule has 4 heterocycles. The number of hydrogen-bond acceptors (Lipinski definition) is 5. The van der Waals surface area contributed by atoms with Crippen LogP contribution in [0.4, 0.5) is 0 Å². The number of H-pyrrole nitrogens is 1. The van der Waals surface area contributed by atoms with Gasteiger partial charge in [-0.25, -0.2) is 17.7 Å². The van der Waals surface area contributed by atoms with Gasteiger partial charge < -0.3 is 14.7 Å². The lowest BCUT2D eigenvalue weighted by atomic mass is 9.76. The zero-order valence-corrected chi connectivity index (χ0v) is 15.1. The molecule has 1 saturated heterocycles. The van der Waals surface area contributed by atoms with Gasteiger partial charge in [-0.2, -0.15) is 0 Å². The molecule has 2 aliphatic rings. The predicted molar refractivity (Wildman–Crippen MR) is 96.0 cm³/mol. The number of aromatic nitrogens is 2. The van der Waals surface area contributed by atoms with Gasteiger partial charge in [-0.15, -0.1) is 0 Å². The first kappa shape index (κ1) is 17.0. The molecule has 0 atom stereocenters. The van der Waals surface area contributed by atoms with Gasteiger partial charge in [0, 0.05) is 36.3 Å². The third-order valence-electron chi connectivity index (χ3n) is 5.35. The molecule has 2 N–H and O–H groups in total. The second-order valence-electron chi connectivity index (χ2n) is 6.86. The van der Waals surface area contributed by atoms with Gasteiger partial charge in [-0.1, -0.05) is 13.3 Å². The standard InChI is InChI=1S/C16H22BN3O4S/c1-2-3-10-25(22,23)20-8-5-16(6-9-20)14-12-4-7-18-15(12)19-11-13(14)17(21)24-16/h4,7,11,21H,2-3,5-6,8-10H2,1H3,(H,18,19). The second kappa shape index (κ2) is 6.08. The Morgan fingerprint density at radius 2 is 2.20 bits per heavy atom. The third kappa shape index (κ3) is 2.70. The normalized spacial score (nSPS) is 20.5. The number of piperidine rings is 1. The molecule has 7 nitrogen and oxygen atoms in total. The highest BCUT2D eigenvalue weighted by Crippen LogP contribution is 2.43. The largest absolute Gasteiger partial charge is 0.493 e. The van der Waals surface area contributed by atoms with E-state index in [1.165, 1.54) is 0 Å². The van der Waals surface area contributed by atoms with Gasteiger partial charge in [0.05, 0.1) is 11.4 Å². The van der Waals surface area contributed by atoms with E-state index in [2.05, 4.69) is 9.97 Å². The minimum atomic E-state index is -3.22. The maximum Gasteiger partial charge on any atom is 0.493 e. The lowest BCUT2D eigenvalue weighted by molar-refractivity contribution is 0.0135. The molecule has 0 aromatic carbocycles. The van der Waals surface area contributed by atoms with Crippen LogP contribution in [0.1, 0.15) is 38.2 Å². The molecule has 2 aromatic heterocycles. The summed E-state index contributed by atoms with van der Waals surface area (Å²) in [7, 11) is -4.23. The van der Waals surface area contributed by atoms with Crippen LogP contribution in [-0.4, -0.2) is 53.7 Å². The molecule has 0 radical (unpaired) electrons. The van der Waals surface area contributed by atoms with Crippen molar-refractivity contribution in [3.05, 3.63) is 24.0 Å². The molecule has 0 bridgehead atoms. The topological polar surface area (TPSA) is 95.5 Å². The van der Waals surface area contributed by atoms with Gasteiger partial charge in [-0.3, -0.25) is 0 Å². The number of rotatable bonds is 4. The van der Waals surface area contributed by atoms with Crippen molar-refractivity contribution in [1.29, 1.82) is 0 Å². The van der Waals surface area contributed by atoms with Crippen LogP contribution in [0, 0.1) is 0 Å². The monoisotopic (exact) mass is 363 g/mol. The second-order valence-corrected chi connectivity index (χ2v) is 8.95. The fourth-order valence-electron chi connectivity index (χ4n) is 4.00. The summed E-state index contributed by atoms with van der Waals surface area (Å²) in [6.07, 6.45) is 6.08. The van der Waals surface area contributed by atoms with Gasteiger partial charge >= 0.3 is 7.12 Å². The summed E-state index contributed by atoms with van der Waals surface area (Å²) >= 11 is 0. The van der Waals surface area contributed by atoms with Crippen molar-refractivity contribution in [2.45, 2.75) is 38.2 Å². The van der Waals surface area contributed by atoms with Crippen LogP contribution in [0.2, 0.25) is 0 Å². The average Bonchev–Trinajstić information content (AvgIpc) is 3.17. The molecule has 2 aliphatic heterocycles. The first-order chi connectivity index (χ1) is 12.0. The smallest absolute Gasteiger partial charge is 0.423 e. The third-order valence-corrected chi connectivity index (χ3v) is 7.31. The molecule has 0 saturated carbocycles. The molecular formula is C16H22BN3O4S. The van der Waals surface area contributed by atoms with Crippen LogP contribution in [0.3, 0.4) is 0 Å². The average molecular weight is 363 g/mol. The number of sulfonamides is 1. The molecular weight excluding hydrogens is 341 g/mol. The number of nitrogens with zero attached hydrogens (tertiary/aromatic N) is 2. The van der Waals surface area contributed by atoms with Crippen molar-refractivity contribution >= 4 is 33.6 Å². The van der Waals surface area contributed by atoms with Crippen molar-refractivity contribution in [2.24, 2.45) is 0 Å². The molecule has 25 heavy (non-hydrogen) atoms. The molecule has 1 fully saturated rings. The van der Waals surface area contributed by atoms with Crippen LogP contribution in [0.15, 0.2) is 18.5 Å². The van der Waals surface area contributed by atoms with Crippen LogP contribution >= 0.6 is 0 Å². The van der Waals surface area contributed by atoms with Crippen molar-refractivity contribution < 1.29 is 18.1 Å². The number of aromatic amines is 1. The Labute approximate surface area is 147 Å². The van der Waals surface area contributed by atoms with Crippen LogP contribution in [0.25, 0.3) is 11.0 Å². The summed E-state index contributed by atoms with van der Waals surface area (Å²) < 4.78 is 32.4. The van der Waals surface area contributed by atoms with E-state index in [4.69, 9.17) is 4.65 Å². The SMILES string of the molecule is CCCCS(=O)(=O)N1CCC2(CC1)OB(O)c1cnc3[nH]ccc3c12. The molecule has 9 heteroatoms. The number of hydrogen-bond donors (Lipinski definition) is 2. The summed E-state index contributed by atoms with van der Waals surface area (Å²) in [5.41, 5.74) is 1.76. The first-order valence-corrected chi connectivity index (χ1v) is 10.4. The van der Waals surface area contributed by atoms with Gasteiger partial charge in [0.1, 0.15) is 5.65 Å². The Kier molecular flexibility index (Phi) is 4.14. The van der Waals surface area contributed by atoms with Gasteiger partial charge in [0.15, 0.2) is 0 Å². The zero-order valence-electron chi connectivity index (χ0n) is 14.2. The van der Waals surface area contributed by atoms with E-state index in [1.807, 2.05) is 19.2 Å². The van der Waals surface area contributed by atoms with E-state index in [-0.39, 0.29) is 5.75 Å². The summed E-state index contributed by atoms with van der Waals surface area (Å²) in [6.45, 7) is 2.81. The molecule has 0 amide bonds. The first-order valence-electron chi connectivity index (χ1n) is 8.77. The molecule has 2 aromatic rings. The van der Waals surface area contributed by atoms with Gasteiger partial charge in [0.25, 0.3) is 0 Å². The maximum atomic E-state index is 12.4. The van der Waals surface area contributed by atoms with E-state index < -0.39 is 22.7 Å². The molecule has 0 unspecified atom stereocenters. The fraction of sp³-hybridized carbons (Fsp3) is 0.562. The Hall–Kier alpha value is -1.42. The minimum absolute atomic E-state index is 0.197. The number of pyridine rings is 1.